The number of benzene rings is 3. The zero-order chi connectivity index (χ0) is 29.1. The number of hydrogen-bond donors (Lipinski definition) is 1. The number of halogens is 6. The summed E-state index contributed by atoms with van der Waals surface area (Å²) >= 11 is 0. The summed E-state index contributed by atoms with van der Waals surface area (Å²) in [4.78, 5) is 17.3. The van der Waals surface area contributed by atoms with Gasteiger partial charge in [-0.25, -0.2) is 0 Å². The Labute approximate surface area is 229 Å². The van der Waals surface area contributed by atoms with E-state index < -0.39 is 24.3 Å². The molecule has 0 aromatic heterocycles. The van der Waals surface area contributed by atoms with Crippen LogP contribution >= 0.6 is 0 Å². The molecule has 1 amide bonds. The molecule has 10 heteroatoms. The Morgan fingerprint density at radius 1 is 0.850 bits per heavy atom. The van der Waals surface area contributed by atoms with Crippen LogP contribution in [0.4, 0.5) is 37.7 Å². The van der Waals surface area contributed by atoms with Crippen molar-refractivity contribution in [1.29, 1.82) is 0 Å². The Morgan fingerprint density at radius 3 is 2.02 bits per heavy atom. The molecule has 0 aliphatic carbocycles. The van der Waals surface area contributed by atoms with Crippen LogP contribution in [0, 0.1) is 0 Å². The van der Waals surface area contributed by atoms with Crippen molar-refractivity contribution in [3.63, 3.8) is 0 Å². The molecule has 1 aliphatic heterocycles. The number of amides is 1. The van der Waals surface area contributed by atoms with Crippen molar-refractivity contribution in [3.8, 4) is 11.1 Å². The highest BCUT2D eigenvalue weighted by molar-refractivity contribution is 6.09. The lowest BCUT2D eigenvalue weighted by molar-refractivity contribution is -0.138. The zero-order valence-electron chi connectivity index (χ0n) is 22.2. The van der Waals surface area contributed by atoms with E-state index in [4.69, 9.17) is 0 Å². The van der Waals surface area contributed by atoms with Gasteiger partial charge >= 0.3 is 12.4 Å². The molecule has 0 saturated carbocycles. The predicted molar refractivity (Wildman–Crippen MR) is 145 cm³/mol. The van der Waals surface area contributed by atoms with E-state index >= 15 is 0 Å². The van der Waals surface area contributed by atoms with E-state index in [0.717, 1.165) is 23.4 Å². The van der Waals surface area contributed by atoms with Gasteiger partial charge in [-0.3, -0.25) is 9.69 Å². The van der Waals surface area contributed by atoms with Crippen LogP contribution in [0.2, 0.25) is 0 Å². The van der Waals surface area contributed by atoms with E-state index in [2.05, 4.69) is 10.2 Å². The summed E-state index contributed by atoms with van der Waals surface area (Å²) in [6, 6.07) is 17.3. The fourth-order valence-corrected chi connectivity index (χ4v) is 4.86. The van der Waals surface area contributed by atoms with Gasteiger partial charge in [0.25, 0.3) is 5.91 Å². The van der Waals surface area contributed by atoms with Crippen molar-refractivity contribution in [2.24, 2.45) is 0 Å². The van der Waals surface area contributed by atoms with E-state index in [9.17, 15) is 31.1 Å². The summed E-state index contributed by atoms with van der Waals surface area (Å²) in [7, 11) is 0. The number of anilines is 2. The quantitative estimate of drug-likeness (QED) is 0.298. The number of piperazine rings is 1. The molecule has 0 atom stereocenters. The summed E-state index contributed by atoms with van der Waals surface area (Å²) in [5, 5.41) is 2.89. The molecule has 4 nitrogen and oxygen atoms in total. The molecule has 1 N–H and O–H groups in total. The largest absolute Gasteiger partial charge is 0.416 e. The number of alkyl halides is 6. The molecule has 3 aromatic carbocycles. The van der Waals surface area contributed by atoms with Gasteiger partial charge in [0.15, 0.2) is 0 Å². The summed E-state index contributed by atoms with van der Waals surface area (Å²) in [6.45, 7) is 6.18. The highest BCUT2D eigenvalue weighted by Crippen LogP contribution is 2.36. The molecule has 3 aromatic rings. The minimum absolute atomic E-state index is 0.00518. The molecule has 0 unspecified atom stereocenters. The maximum atomic E-state index is 13.4. The van der Waals surface area contributed by atoms with E-state index in [0.29, 0.717) is 48.6 Å². The van der Waals surface area contributed by atoms with Crippen molar-refractivity contribution in [2.75, 3.05) is 42.9 Å². The number of hydrogen-bond acceptors (Lipinski definition) is 3. The lowest BCUT2D eigenvalue weighted by atomic mass is 9.88. The molecule has 4 rings (SSSR count). The van der Waals surface area contributed by atoms with Gasteiger partial charge in [-0.2, -0.15) is 26.3 Å². The van der Waals surface area contributed by atoms with Crippen LogP contribution in [0.5, 0.6) is 0 Å². The van der Waals surface area contributed by atoms with Gasteiger partial charge in [0.05, 0.1) is 12.0 Å². The number of carbonyl (C=O) groups is 1. The zero-order valence-corrected chi connectivity index (χ0v) is 22.2. The highest BCUT2D eigenvalue weighted by Gasteiger charge is 2.31. The number of rotatable bonds is 7. The molecule has 1 heterocycles. The molecule has 40 heavy (non-hydrogen) atoms. The first kappa shape index (κ1) is 29.5. The average Bonchev–Trinajstić information content (AvgIpc) is 2.91. The van der Waals surface area contributed by atoms with Gasteiger partial charge in [0, 0.05) is 49.7 Å². The van der Waals surface area contributed by atoms with Crippen molar-refractivity contribution in [3.05, 3.63) is 83.4 Å². The van der Waals surface area contributed by atoms with Crippen molar-refractivity contribution < 1.29 is 31.1 Å². The third kappa shape index (κ3) is 7.35. The predicted octanol–water partition coefficient (Wildman–Crippen LogP) is 7.82. The molecule has 214 valence electrons. The molecule has 1 saturated heterocycles. The Hall–Kier alpha value is -3.53. The fourth-order valence-electron chi connectivity index (χ4n) is 4.86. The van der Waals surface area contributed by atoms with Crippen LogP contribution in [0.3, 0.4) is 0 Å². The Kier molecular flexibility index (Phi) is 8.77. The van der Waals surface area contributed by atoms with Crippen LogP contribution < -0.4 is 10.2 Å². The van der Waals surface area contributed by atoms with Crippen LogP contribution in [-0.2, 0) is 6.18 Å². The third-order valence-electron chi connectivity index (χ3n) is 7.04. The van der Waals surface area contributed by atoms with Gasteiger partial charge in [0.1, 0.15) is 0 Å². The van der Waals surface area contributed by atoms with Crippen LogP contribution in [0.25, 0.3) is 11.1 Å². The van der Waals surface area contributed by atoms with Gasteiger partial charge in [-0.15, -0.1) is 0 Å². The maximum Gasteiger partial charge on any atom is 0.416 e. The second-order valence-corrected chi connectivity index (χ2v) is 10.2. The summed E-state index contributed by atoms with van der Waals surface area (Å²) in [5.74, 6) is -0.360. The lowest BCUT2D eigenvalue weighted by Crippen LogP contribution is -2.47. The molecule has 0 bridgehead atoms. The molecule has 1 aliphatic rings. The van der Waals surface area contributed by atoms with E-state index in [1.54, 1.807) is 29.2 Å². The second-order valence-electron chi connectivity index (χ2n) is 10.2. The van der Waals surface area contributed by atoms with E-state index in [1.165, 1.54) is 12.1 Å². The second kappa shape index (κ2) is 11.9. The normalized spacial score (nSPS) is 15.0. The van der Waals surface area contributed by atoms with Gasteiger partial charge in [-0.1, -0.05) is 38.1 Å². The van der Waals surface area contributed by atoms with E-state index in [1.807, 2.05) is 32.0 Å². The maximum absolute atomic E-state index is 13.4. The summed E-state index contributed by atoms with van der Waals surface area (Å²) < 4.78 is 76.8. The van der Waals surface area contributed by atoms with Crippen molar-refractivity contribution >= 4 is 17.3 Å². The molecule has 0 spiro atoms. The number of nitrogens with zero attached hydrogens (tertiary/aromatic N) is 2. The third-order valence-corrected chi connectivity index (χ3v) is 7.04. The minimum atomic E-state index is -4.46. The number of carbonyl (C=O) groups excluding carboxylic acids is 1. The van der Waals surface area contributed by atoms with Crippen LogP contribution in [0.15, 0.2) is 66.7 Å². The molecular formula is C30H31F6N3O. The van der Waals surface area contributed by atoms with E-state index in [-0.39, 0.29) is 18.4 Å². The first-order chi connectivity index (χ1) is 18.8. The summed E-state index contributed by atoms with van der Waals surface area (Å²) in [5.41, 5.74) is 3.00. The molecule has 0 radical (unpaired) electrons. The number of nitrogens with one attached hydrogen (secondary N) is 1. The van der Waals surface area contributed by atoms with Crippen LogP contribution in [0.1, 0.15) is 47.7 Å². The smallest absolute Gasteiger partial charge is 0.369 e. The summed E-state index contributed by atoms with van der Waals surface area (Å²) in [6.07, 6.45) is -9.43. The monoisotopic (exact) mass is 563 g/mol. The SMILES string of the molecule is CC(C)c1cccc(C(=O)Nc2ccc(N3CCN(CCC(F)(F)F)CC3)cc2)c1-c1ccc(C(F)(F)F)cc1. The molecular weight excluding hydrogens is 532 g/mol. The standard InChI is InChI=1S/C30H31F6N3O/c1-20(2)25-4-3-5-26(27(25)21-6-8-22(9-7-21)30(34,35)36)28(40)37-23-10-12-24(13-11-23)39-18-16-38(17-19-39)15-14-29(31,32)33/h3-13,20H,14-19H2,1-2H3,(H,37,40). The highest BCUT2D eigenvalue weighted by atomic mass is 19.4. The lowest BCUT2D eigenvalue weighted by Gasteiger charge is -2.36. The Balaban J connectivity index is 1.47. The van der Waals surface area contributed by atoms with Crippen molar-refractivity contribution in [2.45, 2.75) is 38.5 Å². The minimum Gasteiger partial charge on any atom is -0.369 e. The first-order valence-corrected chi connectivity index (χ1v) is 13.1. The fraction of sp³-hybridized carbons (Fsp3) is 0.367. The Morgan fingerprint density at radius 2 is 1.48 bits per heavy atom. The van der Waals surface area contributed by atoms with Gasteiger partial charge in [0.2, 0.25) is 0 Å². The van der Waals surface area contributed by atoms with Crippen LogP contribution in [-0.4, -0.2) is 49.7 Å². The average molecular weight is 564 g/mol. The van der Waals surface area contributed by atoms with Gasteiger partial charge < -0.3 is 10.2 Å². The Bertz CT molecular complexity index is 1290. The first-order valence-electron chi connectivity index (χ1n) is 13.1. The topological polar surface area (TPSA) is 35.6 Å². The van der Waals surface area contributed by atoms with Gasteiger partial charge in [-0.05, 0) is 65.1 Å². The molecule has 1 fully saturated rings. The van der Waals surface area contributed by atoms with Crippen molar-refractivity contribution in [1.82, 2.24) is 4.90 Å².